The summed E-state index contributed by atoms with van der Waals surface area (Å²) >= 11 is 0. The second-order valence-electron chi connectivity index (χ2n) is 8.24. The second kappa shape index (κ2) is 10.2. The third-order valence-corrected chi connectivity index (χ3v) is 8.56. The molecule has 168 valence electrons. The van der Waals surface area contributed by atoms with Crippen molar-refractivity contribution in [3.05, 3.63) is 30.3 Å². The van der Waals surface area contributed by atoms with Gasteiger partial charge in [-0.25, -0.2) is 8.42 Å². The van der Waals surface area contributed by atoms with E-state index in [-0.39, 0.29) is 11.8 Å². The SMILES string of the molecule is N#CC1(NC=O)CCC1.O=C(C1CCC(S(=O)(=O)c2ccccc2)C1)N1CCOCC1. The average Bonchev–Trinajstić information content (AvgIpc) is 3.29. The van der Waals surface area contributed by atoms with Gasteiger partial charge in [0.15, 0.2) is 9.84 Å². The van der Waals surface area contributed by atoms with Crippen LogP contribution in [0.3, 0.4) is 0 Å². The molecule has 2 saturated carbocycles. The Morgan fingerprint density at radius 3 is 2.39 bits per heavy atom. The minimum Gasteiger partial charge on any atom is -0.378 e. The number of carbonyl (C=O) groups excluding carboxylic acids is 2. The molecule has 1 aromatic carbocycles. The van der Waals surface area contributed by atoms with Gasteiger partial charge in [0.05, 0.1) is 29.4 Å². The summed E-state index contributed by atoms with van der Waals surface area (Å²) in [5.41, 5.74) is -0.498. The van der Waals surface area contributed by atoms with Crippen molar-refractivity contribution >= 4 is 22.2 Å². The number of sulfone groups is 1. The van der Waals surface area contributed by atoms with Gasteiger partial charge in [0.25, 0.3) is 0 Å². The van der Waals surface area contributed by atoms with E-state index in [4.69, 9.17) is 10.00 Å². The Morgan fingerprint density at radius 1 is 1.19 bits per heavy atom. The summed E-state index contributed by atoms with van der Waals surface area (Å²) in [6.45, 7) is 2.38. The van der Waals surface area contributed by atoms with Crippen LogP contribution in [0.5, 0.6) is 0 Å². The Labute approximate surface area is 183 Å². The van der Waals surface area contributed by atoms with Gasteiger partial charge in [-0.2, -0.15) is 5.26 Å². The molecule has 31 heavy (non-hydrogen) atoms. The zero-order chi connectivity index (χ0) is 22.3. The van der Waals surface area contributed by atoms with E-state index in [1.165, 1.54) is 0 Å². The van der Waals surface area contributed by atoms with Gasteiger partial charge in [0.1, 0.15) is 5.54 Å². The number of hydrogen-bond acceptors (Lipinski definition) is 6. The largest absolute Gasteiger partial charge is 0.378 e. The Hall–Kier alpha value is -2.44. The molecule has 9 heteroatoms. The lowest BCUT2D eigenvalue weighted by Crippen LogP contribution is -2.48. The molecule has 3 aliphatic rings. The first-order valence-corrected chi connectivity index (χ1v) is 12.2. The number of amides is 2. The monoisotopic (exact) mass is 447 g/mol. The van der Waals surface area contributed by atoms with Crippen LogP contribution < -0.4 is 5.32 Å². The van der Waals surface area contributed by atoms with Crippen LogP contribution in [-0.2, 0) is 24.2 Å². The number of benzene rings is 1. The van der Waals surface area contributed by atoms with Gasteiger partial charge in [-0.15, -0.1) is 0 Å². The fraction of sp³-hybridized carbons (Fsp3) is 0.591. The van der Waals surface area contributed by atoms with Gasteiger partial charge in [-0.05, 0) is 50.7 Å². The average molecular weight is 448 g/mol. The summed E-state index contributed by atoms with van der Waals surface area (Å²) in [7, 11) is -3.33. The van der Waals surface area contributed by atoms with Gasteiger partial charge in [-0.1, -0.05) is 18.2 Å². The lowest BCUT2D eigenvalue weighted by Gasteiger charge is -2.33. The molecule has 3 fully saturated rings. The molecule has 1 aliphatic heterocycles. The van der Waals surface area contributed by atoms with Gasteiger partial charge in [0, 0.05) is 19.0 Å². The van der Waals surface area contributed by atoms with Crippen LogP contribution in [-0.4, -0.2) is 62.7 Å². The molecule has 1 aromatic rings. The predicted molar refractivity (Wildman–Crippen MR) is 114 cm³/mol. The summed E-state index contributed by atoms with van der Waals surface area (Å²) in [5, 5.41) is 10.6. The van der Waals surface area contributed by atoms with E-state index in [0.717, 1.165) is 19.3 Å². The number of nitrogens with zero attached hydrogens (tertiary/aromatic N) is 2. The van der Waals surface area contributed by atoms with E-state index in [2.05, 4.69) is 11.4 Å². The van der Waals surface area contributed by atoms with Gasteiger partial charge in [0.2, 0.25) is 12.3 Å². The topological polar surface area (TPSA) is 117 Å². The highest BCUT2D eigenvalue weighted by molar-refractivity contribution is 7.92. The Kier molecular flexibility index (Phi) is 7.68. The van der Waals surface area contributed by atoms with E-state index in [1.54, 1.807) is 30.3 Å². The molecule has 4 rings (SSSR count). The first kappa shape index (κ1) is 23.2. The summed E-state index contributed by atoms with van der Waals surface area (Å²) < 4.78 is 30.5. The number of morpholine rings is 1. The summed E-state index contributed by atoms with van der Waals surface area (Å²) in [4.78, 5) is 24.6. The van der Waals surface area contributed by atoms with Crippen LogP contribution in [0, 0.1) is 17.2 Å². The highest BCUT2D eigenvalue weighted by Gasteiger charge is 2.39. The Balaban J connectivity index is 0.000000254. The van der Waals surface area contributed by atoms with Gasteiger partial charge >= 0.3 is 0 Å². The van der Waals surface area contributed by atoms with Gasteiger partial charge in [-0.3, -0.25) is 9.59 Å². The predicted octanol–water partition coefficient (Wildman–Crippen LogP) is 1.67. The van der Waals surface area contributed by atoms with Crippen LogP contribution in [0.2, 0.25) is 0 Å². The maximum atomic E-state index is 12.6. The van der Waals surface area contributed by atoms with Gasteiger partial charge < -0.3 is 15.0 Å². The molecule has 2 aliphatic carbocycles. The van der Waals surface area contributed by atoms with Crippen LogP contribution in [0.15, 0.2) is 35.2 Å². The molecular weight excluding hydrogens is 418 g/mol. The standard InChI is InChI=1S/C16H21NO4S.C6H8N2O/c18-16(17-8-10-21-11-9-17)13-6-7-15(12-13)22(19,20)14-4-2-1-3-5-14;7-4-6(8-5-9)2-1-3-6/h1-5,13,15H,6-12H2;5H,1-3H2,(H,8,9). The molecule has 8 nitrogen and oxygen atoms in total. The van der Waals surface area contributed by atoms with Crippen molar-refractivity contribution in [1.82, 2.24) is 10.2 Å². The number of hydrogen-bond donors (Lipinski definition) is 1. The molecule has 0 spiro atoms. The maximum absolute atomic E-state index is 12.6. The first-order valence-electron chi connectivity index (χ1n) is 10.7. The van der Waals surface area contributed by atoms with Crippen molar-refractivity contribution in [3.8, 4) is 6.07 Å². The van der Waals surface area contributed by atoms with Crippen LogP contribution in [0.4, 0.5) is 0 Å². The highest BCUT2D eigenvalue weighted by Crippen LogP contribution is 2.35. The molecule has 0 radical (unpaired) electrons. The summed E-state index contributed by atoms with van der Waals surface area (Å²) in [5.74, 6) is -0.0735. The molecule has 2 amide bonds. The van der Waals surface area contributed by atoms with Crippen molar-refractivity contribution in [3.63, 3.8) is 0 Å². The maximum Gasteiger partial charge on any atom is 0.225 e. The molecule has 1 saturated heterocycles. The van der Waals surface area contributed by atoms with E-state index in [1.807, 2.05) is 4.90 Å². The van der Waals surface area contributed by atoms with Crippen molar-refractivity contribution < 1.29 is 22.7 Å². The molecule has 2 unspecified atom stereocenters. The second-order valence-corrected chi connectivity index (χ2v) is 10.5. The first-order chi connectivity index (χ1) is 14.9. The van der Waals surface area contributed by atoms with Crippen LogP contribution >= 0.6 is 0 Å². The number of ether oxygens (including phenoxy) is 1. The smallest absolute Gasteiger partial charge is 0.225 e. The minimum absolute atomic E-state index is 0.0917. The fourth-order valence-corrected chi connectivity index (χ4v) is 6.08. The lowest BCUT2D eigenvalue weighted by atomic mass is 9.78. The number of carbonyl (C=O) groups is 2. The van der Waals surface area contributed by atoms with Crippen molar-refractivity contribution in [1.29, 1.82) is 5.26 Å². The quantitative estimate of drug-likeness (QED) is 0.686. The van der Waals surface area contributed by atoms with E-state index in [0.29, 0.717) is 56.9 Å². The summed E-state index contributed by atoms with van der Waals surface area (Å²) in [6, 6.07) is 10.6. The van der Waals surface area contributed by atoms with Crippen LogP contribution in [0.25, 0.3) is 0 Å². The van der Waals surface area contributed by atoms with Crippen LogP contribution in [0.1, 0.15) is 38.5 Å². The molecule has 1 N–H and O–H groups in total. The number of rotatable bonds is 5. The third kappa shape index (κ3) is 5.43. The molecule has 0 bridgehead atoms. The molecular formula is C22H29N3O5S. The highest BCUT2D eigenvalue weighted by atomic mass is 32.2. The molecule has 1 heterocycles. The van der Waals surface area contributed by atoms with Crippen molar-refractivity contribution in [2.45, 2.75) is 54.2 Å². The summed E-state index contributed by atoms with van der Waals surface area (Å²) in [6.07, 6.45) is 4.93. The third-order valence-electron chi connectivity index (χ3n) is 6.32. The molecule has 0 aromatic heterocycles. The number of nitrogens with one attached hydrogen (secondary N) is 1. The van der Waals surface area contributed by atoms with E-state index < -0.39 is 20.6 Å². The van der Waals surface area contributed by atoms with Crippen molar-refractivity contribution in [2.75, 3.05) is 26.3 Å². The Morgan fingerprint density at radius 2 is 1.87 bits per heavy atom. The Bertz CT molecular complexity index is 903. The zero-order valence-corrected chi connectivity index (χ0v) is 18.4. The minimum atomic E-state index is -3.33. The van der Waals surface area contributed by atoms with E-state index in [9.17, 15) is 18.0 Å². The molecule has 2 atom stereocenters. The normalized spacial score (nSPS) is 24.7. The lowest BCUT2D eigenvalue weighted by molar-refractivity contribution is -0.139. The zero-order valence-electron chi connectivity index (χ0n) is 17.5. The van der Waals surface area contributed by atoms with Crippen molar-refractivity contribution in [2.24, 2.45) is 5.92 Å². The van der Waals surface area contributed by atoms with E-state index >= 15 is 0 Å². The number of nitriles is 1. The fourth-order valence-electron chi connectivity index (χ4n) is 4.22.